The summed E-state index contributed by atoms with van der Waals surface area (Å²) in [5, 5.41) is 7.60. The summed E-state index contributed by atoms with van der Waals surface area (Å²) in [5.74, 6) is 0. The third-order valence-corrected chi connectivity index (χ3v) is 1.86. The third kappa shape index (κ3) is 1.94. The molecule has 1 radical (unpaired) electrons. The molecule has 0 saturated carbocycles. The zero-order valence-corrected chi connectivity index (χ0v) is 6.64. The first kappa shape index (κ1) is 7.98. The van der Waals surface area contributed by atoms with Crippen LogP contribution in [0.3, 0.4) is 0 Å². The molecule has 0 spiro atoms. The zero-order chi connectivity index (χ0) is 7.40. The number of nitrogens with zero attached hydrogens (tertiary/aromatic N) is 2. The Labute approximate surface area is 63.0 Å². The lowest BCUT2D eigenvalue weighted by atomic mass is 10.4. The average Bonchev–Trinajstić information content (AvgIpc) is 2.05. The first-order valence-corrected chi connectivity index (χ1v) is 3.88. The fourth-order valence-electron chi connectivity index (χ4n) is 1.14. The van der Waals surface area contributed by atoms with Crippen LogP contribution in [0.25, 0.3) is 0 Å². The van der Waals surface area contributed by atoms with Crippen molar-refractivity contribution in [3.8, 4) is 0 Å². The predicted octanol–water partition coefficient (Wildman–Crippen LogP) is -0.0799. The summed E-state index contributed by atoms with van der Waals surface area (Å²) in [5.41, 5.74) is 0. The van der Waals surface area contributed by atoms with Gasteiger partial charge in [-0.25, -0.2) is 10.0 Å². The minimum atomic E-state index is 1.00. The molecule has 1 saturated heterocycles. The summed E-state index contributed by atoms with van der Waals surface area (Å²) < 4.78 is 0. The van der Waals surface area contributed by atoms with Gasteiger partial charge >= 0.3 is 0 Å². The number of hydrogen-bond donors (Lipinski definition) is 1. The highest BCUT2D eigenvalue weighted by molar-refractivity contribution is 4.65. The SMILES string of the molecule is [CH2]N(CC)N1CCNCC1. The maximum Gasteiger partial charge on any atom is 0.0275 e. The van der Waals surface area contributed by atoms with E-state index in [0.717, 1.165) is 32.7 Å². The van der Waals surface area contributed by atoms with E-state index in [9.17, 15) is 0 Å². The van der Waals surface area contributed by atoms with Crippen molar-refractivity contribution in [3.63, 3.8) is 0 Å². The van der Waals surface area contributed by atoms with Crippen LogP contribution in [0.5, 0.6) is 0 Å². The van der Waals surface area contributed by atoms with Gasteiger partial charge in [-0.3, -0.25) is 0 Å². The predicted molar refractivity (Wildman–Crippen MR) is 42.2 cm³/mol. The fourth-order valence-corrected chi connectivity index (χ4v) is 1.14. The van der Waals surface area contributed by atoms with E-state index in [-0.39, 0.29) is 0 Å². The number of piperazine rings is 1. The fraction of sp³-hybridized carbons (Fsp3) is 0.857. The first-order chi connectivity index (χ1) is 4.84. The summed E-state index contributed by atoms with van der Waals surface area (Å²) in [6.45, 7) is 7.49. The van der Waals surface area contributed by atoms with Crippen molar-refractivity contribution < 1.29 is 0 Å². The van der Waals surface area contributed by atoms with Crippen LogP contribution in [0.15, 0.2) is 0 Å². The van der Waals surface area contributed by atoms with Crippen LogP contribution in [0.1, 0.15) is 6.92 Å². The molecule has 0 atom stereocenters. The van der Waals surface area contributed by atoms with Gasteiger partial charge in [-0.05, 0) is 0 Å². The molecule has 0 aromatic heterocycles. The van der Waals surface area contributed by atoms with Gasteiger partial charge in [-0.1, -0.05) is 6.92 Å². The Morgan fingerprint density at radius 1 is 1.50 bits per heavy atom. The highest BCUT2D eigenvalue weighted by Gasteiger charge is 2.11. The molecule has 3 heteroatoms. The van der Waals surface area contributed by atoms with Crippen LogP contribution in [-0.4, -0.2) is 42.7 Å². The Kier molecular flexibility index (Phi) is 3.12. The molecule has 1 aliphatic heterocycles. The van der Waals surface area contributed by atoms with E-state index in [1.807, 2.05) is 5.01 Å². The van der Waals surface area contributed by atoms with Gasteiger partial charge in [-0.15, -0.1) is 0 Å². The van der Waals surface area contributed by atoms with E-state index >= 15 is 0 Å². The van der Waals surface area contributed by atoms with E-state index in [0.29, 0.717) is 0 Å². The molecule has 10 heavy (non-hydrogen) atoms. The van der Waals surface area contributed by atoms with E-state index in [4.69, 9.17) is 0 Å². The van der Waals surface area contributed by atoms with Crippen LogP contribution in [0.2, 0.25) is 0 Å². The maximum atomic E-state index is 3.91. The molecule has 1 fully saturated rings. The third-order valence-electron chi connectivity index (χ3n) is 1.86. The average molecular weight is 142 g/mol. The molecule has 59 valence electrons. The van der Waals surface area contributed by atoms with Gasteiger partial charge in [0.25, 0.3) is 0 Å². The van der Waals surface area contributed by atoms with Crippen molar-refractivity contribution in [2.24, 2.45) is 0 Å². The van der Waals surface area contributed by atoms with Crippen molar-refractivity contribution >= 4 is 0 Å². The second kappa shape index (κ2) is 3.91. The van der Waals surface area contributed by atoms with Crippen molar-refractivity contribution in [3.05, 3.63) is 7.05 Å². The van der Waals surface area contributed by atoms with E-state index in [1.165, 1.54) is 0 Å². The van der Waals surface area contributed by atoms with Gasteiger partial charge in [-0.2, -0.15) is 0 Å². The Hall–Kier alpha value is -0.120. The van der Waals surface area contributed by atoms with Crippen molar-refractivity contribution in [1.29, 1.82) is 0 Å². The Bertz CT molecular complexity index is 88.9. The summed E-state index contributed by atoms with van der Waals surface area (Å²) in [6, 6.07) is 0. The van der Waals surface area contributed by atoms with Gasteiger partial charge in [0.05, 0.1) is 0 Å². The molecule has 3 nitrogen and oxygen atoms in total. The van der Waals surface area contributed by atoms with Crippen LogP contribution in [0, 0.1) is 7.05 Å². The van der Waals surface area contributed by atoms with Gasteiger partial charge in [0.1, 0.15) is 0 Å². The number of hydrogen-bond acceptors (Lipinski definition) is 3. The molecular formula is C7H16N3. The van der Waals surface area contributed by atoms with E-state index in [1.54, 1.807) is 0 Å². The molecule has 0 aliphatic carbocycles. The lowest BCUT2D eigenvalue weighted by molar-refractivity contribution is 0.0118. The molecular weight excluding hydrogens is 126 g/mol. The van der Waals surface area contributed by atoms with Crippen LogP contribution >= 0.6 is 0 Å². The summed E-state index contributed by atoms with van der Waals surface area (Å²) in [6.07, 6.45) is 0. The number of rotatable bonds is 2. The second-order valence-electron chi connectivity index (χ2n) is 2.53. The first-order valence-electron chi connectivity index (χ1n) is 3.88. The molecule has 0 amide bonds. The molecule has 0 unspecified atom stereocenters. The monoisotopic (exact) mass is 142 g/mol. The standard InChI is InChI=1S/C7H16N3/c1-3-9(2)10-6-4-8-5-7-10/h8H,2-7H2,1H3. The molecule has 1 rings (SSSR count). The normalized spacial score (nSPS) is 21.9. The Balaban J connectivity index is 2.24. The number of hydrazine groups is 1. The summed E-state index contributed by atoms with van der Waals surface area (Å²) in [7, 11) is 3.91. The van der Waals surface area contributed by atoms with E-state index < -0.39 is 0 Å². The quantitative estimate of drug-likeness (QED) is 0.582. The van der Waals surface area contributed by atoms with E-state index in [2.05, 4.69) is 24.3 Å². The highest BCUT2D eigenvalue weighted by Crippen LogP contribution is 1.96. The van der Waals surface area contributed by atoms with Crippen LogP contribution < -0.4 is 5.32 Å². The van der Waals surface area contributed by atoms with Crippen molar-refractivity contribution in [2.75, 3.05) is 32.7 Å². The van der Waals surface area contributed by atoms with Gasteiger partial charge in [0.2, 0.25) is 0 Å². The van der Waals surface area contributed by atoms with Crippen LogP contribution in [0.4, 0.5) is 0 Å². The highest BCUT2D eigenvalue weighted by atomic mass is 15.6. The van der Waals surface area contributed by atoms with Gasteiger partial charge < -0.3 is 5.32 Å². The largest absolute Gasteiger partial charge is 0.314 e. The Morgan fingerprint density at radius 2 is 2.10 bits per heavy atom. The minimum absolute atomic E-state index is 1.00. The molecule has 1 N–H and O–H groups in total. The molecule has 0 aromatic carbocycles. The van der Waals surface area contributed by atoms with Crippen molar-refractivity contribution in [2.45, 2.75) is 6.92 Å². The number of nitrogens with one attached hydrogen (secondary N) is 1. The Morgan fingerprint density at radius 3 is 2.60 bits per heavy atom. The van der Waals surface area contributed by atoms with Gasteiger partial charge in [0.15, 0.2) is 0 Å². The maximum absolute atomic E-state index is 3.91. The lowest BCUT2D eigenvalue weighted by Crippen LogP contribution is -2.50. The minimum Gasteiger partial charge on any atom is -0.314 e. The van der Waals surface area contributed by atoms with Gasteiger partial charge in [0, 0.05) is 39.8 Å². The second-order valence-corrected chi connectivity index (χ2v) is 2.53. The molecule has 0 bridgehead atoms. The molecule has 0 aromatic rings. The van der Waals surface area contributed by atoms with Crippen molar-refractivity contribution in [1.82, 2.24) is 15.3 Å². The van der Waals surface area contributed by atoms with Crippen LogP contribution in [-0.2, 0) is 0 Å². The zero-order valence-electron chi connectivity index (χ0n) is 6.64. The summed E-state index contributed by atoms with van der Waals surface area (Å²) in [4.78, 5) is 0. The smallest absolute Gasteiger partial charge is 0.0275 e. The molecule has 1 aliphatic rings. The lowest BCUT2D eigenvalue weighted by Gasteiger charge is -2.34. The topological polar surface area (TPSA) is 18.5 Å². The summed E-state index contributed by atoms with van der Waals surface area (Å²) >= 11 is 0. The molecule has 1 heterocycles.